The molecule has 1 N–H and O–H groups in total. The second kappa shape index (κ2) is 5.19. The van der Waals surface area contributed by atoms with E-state index in [1.807, 2.05) is 25.3 Å². The lowest BCUT2D eigenvalue weighted by atomic mass is 10.2. The first-order valence-electron chi connectivity index (χ1n) is 6.46. The minimum atomic E-state index is -0.510. The molecule has 0 unspecified atom stereocenters. The van der Waals surface area contributed by atoms with E-state index < -0.39 is 5.82 Å². The number of nitrogens with one attached hydrogen (secondary N) is 1. The Balaban J connectivity index is 1.94. The predicted molar refractivity (Wildman–Crippen MR) is 81.0 cm³/mol. The summed E-state index contributed by atoms with van der Waals surface area (Å²) in [6.45, 7) is 4.46. The van der Waals surface area contributed by atoms with Gasteiger partial charge in [-0.05, 0) is 26.0 Å². The summed E-state index contributed by atoms with van der Waals surface area (Å²) in [6.07, 6.45) is 0. The van der Waals surface area contributed by atoms with Crippen LogP contribution in [0.25, 0.3) is 4.96 Å². The van der Waals surface area contributed by atoms with E-state index >= 15 is 0 Å². The third-order valence-electron chi connectivity index (χ3n) is 3.40. The number of aromatic nitrogens is 2. The number of hydrogen-bond acceptors (Lipinski definition) is 4. The number of benzene rings is 1. The van der Waals surface area contributed by atoms with Crippen molar-refractivity contribution in [2.75, 3.05) is 5.32 Å². The Morgan fingerprint density at radius 1 is 1.43 bits per heavy atom. The molecule has 21 heavy (non-hydrogen) atoms. The van der Waals surface area contributed by atoms with E-state index in [4.69, 9.17) is 5.26 Å². The molecule has 106 valence electrons. The minimum absolute atomic E-state index is 0.0398. The molecule has 0 amide bonds. The SMILES string of the molecule is Cc1nc2scc(C)n2c1CNc1cccc(F)c1C#N. The van der Waals surface area contributed by atoms with Crippen molar-refractivity contribution in [1.82, 2.24) is 9.38 Å². The van der Waals surface area contributed by atoms with E-state index in [-0.39, 0.29) is 5.56 Å². The molecule has 0 atom stereocenters. The maximum Gasteiger partial charge on any atom is 0.194 e. The molecule has 3 aromatic rings. The van der Waals surface area contributed by atoms with Gasteiger partial charge in [0.25, 0.3) is 0 Å². The van der Waals surface area contributed by atoms with Gasteiger partial charge in [-0.25, -0.2) is 9.37 Å². The first kappa shape index (κ1) is 13.6. The van der Waals surface area contributed by atoms with Gasteiger partial charge in [0, 0.05) is 11.1 Å². The Morgan fingerprint density at radius 3 is 3.00 bits per heavy atom. The summed E-state index contributed by atoms with van der Waals surface area (Å²) in [5.41, 5.74) is 3.62. The number of rotatable bonds is 3. The standard InChI is InChI=1S/C15H13FN4S/c1-9-8-21-15-19-10(2)14(20(9)15)7-18-13-5-3-4-12(16)11(13)6-17/h3-5,8,18H,7H2,1-2H3. The quantitative estimate of drug-likeness (QED) is 0.803. The molecule has 0 saturated carbocycles. The first-order valence-corrected chi connectivity index (χ1v) is 7.34. The van der Waals surface area contributed by atoms with Crippen molar-refractivity contribution >= 4 is 22.0 Å². The highest BCUT2D eigenvalue weighted by atomic mass is 32.1. The van der Waals surface area contributed by atoms with Crippen LogP contribution < -0.4 is 5.32 Å². The van der Waals surface area contributed by atoms with Gasteiger partial charge in [-0.2, -0.15) is 5.26 Å². The van der Waals surface area contributed by atoms with Crippen LogP contribution in [0.1, 0.15) is 22.6 Å². The van der Waals surface area contributed by atoms with Gasteiger partial charge in [0.05, 0.1) is 23.6 Å². The van der Waals surface area contributed by atoms with E-state index in [0.29, 0.717) is 12.2 Å². The smallest absolute Gasteiger partial charge is 0.194 e. The molecule has 0 saturated heterocycles. The second-order valence-electron chi connectivity index (χ2n) is 4.77. The Kier molecular flexibility index (Phi) is 3.35. The van der Waals surface area contributed by atoms with Crippen molar-refractivity contribution in [3.8, 4) is 6.07 Å². The topological polar surface area (TPSA) is 53.1 Å². The van der Waals surface area contributed by atoms with Crippen LogP contribution in [0, 0.1) is 31.0 Å². The van der Waals surface area contributed by atoms with Crippen LogP contribution in [0.3, 0.4) is 0 Å². The molecule has 0 spiro atoms. The largest absolute Gasteiger partial charge is 0.378 e. The molecular weight excluding hydrogens is 287 g/mol. The van der Waals surface area contributed by atoms with E-state index in [0.717, 1.165) is 22.0 Å². The average Bonchev–Trinajstić information content (AvgIpc) is 2.96. The number of thiazole rings is 1. The number of hydrogen-bond donors (Lipinski definition) is 1. The van der Waals surface area contributed by atoms with Gasteiger partial charge in [0.2, 0.25) is 0 Å². The van der Waals surface area contributed by atoms with E-state index in [2.05, 4.69) is 14.7 Å². The molecule has 6 heteroatoms. The summed E-state index contributed by atoms with van der Waals surface area (Å²) in [7, 11) is 0. The van der Waals surface area contributed by atoms with Crippen molar-refractivity contribution in [2.45, 2.75) is 20.4 Å². The molecule has 0 radical (unpaired) electrons. The number of imidazole rings is 1. The van der Waals surface area contributed by atoms with Crippen LogP contribution in [-0.4, -0.2) is 9.38 Å². The van der Waals surface area contributed by atoms with Gasteiger partial charge < -0.3 is 5.32 Å². The van der Waals surface area contributed by atoms with Crippen LogP contribution in [0.4, 0.5) is 10.1 Å². The van der Waals surface area contributed by atoms with Crippen molar-refractivity contribution in [1.29, 1.82) is 5.26 Å². The van der Waals surface area contributed by atoms with Crippen LogP contribution in [0.5, 0.6) is 0 Å². The number of anilines is 1. The molecule has 4 nitrogen and oxygen atoms in total. The van der Waals surface area contributed by atoms with Crippen molar-refractivity contribution in [2.24, 2.45) is 0 Å². The molecule has 0 bridgehead atoms. The number of fused-ring (bicyclic) bond motifs is 1. The highest BCUT2D eigenvalue weighted by molar-refractivity contribution is 7.15. The number of nitriles is 1. The van der Waals surface area contributed by atoms with Crippen LogP contribution in [0.15, 0.2) is 23.6 Å². The fraction of sp³-hybridized carbons (Fsp3) is 0.200. The lowest BCUT2D eigenvalue weighted by Gasteiger charge is -2.09. The van der Waals surface area contributed by atoms with Gasteiger partial charge in [-0.15, -0.1) is 11.3 Å². The van der Waals surface area contributed by atoms with Crippen molar-refractivity contribution < 1.29 is 4.39 Å². The molecule has 0 aliphatic carbocycles. The van der Waals surface area contributed by atoms with Crippen LogP contribution >= 0.6 is 11.3 Å². The fourth-order valence-electron chi connectivity index (χ4n) is 2.34. The van der Waals surface area contributed by atoms with Gasteiger partial charge in [0.1, 0.15) is 17.4 Å². The Bertz CT molecular complexity index is 857. The summed E-state index contributed by atoms with van der Waals surface area (Å²) in [6, 6.07) is 6.48. The van der Waals surface area contributed by atoms with Crippen molar-refractivity contribution in [3.63, 3.8) is 0 Å². The zero-order valence-corrected chi connectivity index (χ0v) is 12.5. The summed E-state index contributed by atoms with van der Waals surface area (Å²) in [5, 5.41) is 14.2. The highest BCUT2D eigenvalue weighted by Crippen LogP contribution is 2.23. The first-order chi connectivity index (χ1) is 10.1. The Hall–Kier alpha value is -2.39. The molecule has 2 heterocycles. The minimum Gasteiger partial charge on any atom is -0.378 e. The van der Waals surface area contributed by atoms with E-state index in [1.165, 1.54) is 6.07 Å². The summed E-state index contributed by atoms with van der Waals surface area (Å²) < 4.78 is 15.7. The Morgan fingerprint density at radius 2 is 2.24 bits per heavy atom. The lowest BCUT2D eigenvalue weighted by molar-refractivity contribution is 0.624. The monoisotopic (exact) mass is 300 g/mol. The summed E-state index contributed by atoms with van der Waals surface area (Å²) in [4.78, 5) is 5.45. The van der Waals surface area contributed by atoms with E-state index in [9.17, 15) is 4.39 Å². The van der Waals surface area contributed by atoms with Gasteiger partial charge in [-0.1, -0.05) is 6.07 Å². The lowest BCUT2D eigenvalue weighted by Crippen LogP contribution is -2.06. The average molecular weight is 300 g/mol. The fourth-order valence-corrected chi connectivity index (χ4v) is 3.27. The van der Waals surface area contributed by atoms with Gasteiger partial charge in [0.15, 0.2) is 4.96 Å². The molecule has 1 aromatic carbocycles. The molecule has 2 aromatic heterocycles. The molecule has 0 aliphatic heterocycles. The van der Waals surface area contributed by atoms with Crippen molar-refractivity contribution in [3.05, 3.63) is 52.0 Å². The van der Waals surface area contributed by atoms with Crippen LogP contribution in [0.2, 0.25) is 0 Å². The zero-order valence-electron chi connectivity index (χ0n) is 11.6. The summed E-state index contributed by atoms with van der Waals surface area (Å²) in [5.74, 6) is -0.510. The highest BCUT2D eigenvalue weighted by Gasteiger charge is 2.13. The molecule has 0 fully saturated rings. The third-order valence-corrected chi connectivity index (χ3v) is 4.35. The van der Waals surface area contributed by atoms with Gasteiger partial charge >= 0.3 is 0 Å². The van der Waals surface area contributed by atoms with Crippen LogP contribution in [-0.2, 0) is 6.54 Å². The van der Waals surface area contributed by atoms with E-state index in [1.54, 1.807) is 23.5 Å². The predicted octanol–water partition coefficient (Wildman–Crippen LogP) is 3.64. The molecular formula is C15H13FN4S. The zero-order chi connectivity index (χ0) is 15.0. The number of nitrogens with zero attached hydrogens (tertiary/aromatic N) is 3. The second-order valence-corrected chi connectivity index (χ2v) is 5.60. The third kappa shape index (κ3) is 2.26. The molecule has 0 aliphatic rings. The Labute approximate surface area is 125 Å². The maximum absolute atomic E-state index is 13.6. The maximum atomic E-state index is 13.6. The molecule has 3 rings (SSSR count). The number of aryl methyl sites for hydroxylation is 2. The number of halogens is 1. The normalized spacial score (nSPS) is 10.8. The summed E-state index contributed by atoms with van der Waals surface area (Å²) >= 11 is 1.59. The van der Waals surface area contributed by atoms with Gasteiger partial charge in [-0.3, -0.25) is 4.40 Å².